The van der Waals surface area contributed by atoms with E-state index in [0.29, 0.717) is 42.8 Å². The van der Waals surface area contributed by atoms with Gasteiger partial charge in [-0.2, -0.15) is 22.9 Å². The number of nitrogens with zero attached hydrogens (tertiary/aromatic N) is 5. The number of alkyl halides is 3. The molecule has 12 heteroatoms. The van der Waals surface area contributed by atoms with Gasteiger partial charge in [-0.3, -0.25) is 0 Å². The third kappa shape index (κ3) is 8.84. The number of likely N-dealkylation sites (tertiary alicyclic amines) is 1. The summed E-state index contributed by atoms with van der Waals surface area (Å²) in [6.07, 6.45) is 0.623. The largest absolute Gasteiger partial charge is 0.494 e. The fraction of sp³-hybridized carbons (Fsp3) is 0.515. The molecule has 0 saturated carbocycles. The zero-order valence-corrected chi connectivity index (χ0v) is 26.0. The standard InChI is InChI=1S/C33H40F3N5O4/c1-32(2,3)45-30(42)22-43-20-4-5-21-44-27-12-8-23(9-13-27)24-16-18-40(19-17-24)29-15-14-28-37-38-31(41(28)39-29)25-6-10-26(11-7-25)33(34,35)36/h6-13,24H,4-5,14-22H2,1-3H3. The van der Waals surface area contributed by atoms with Crippen LogP contribution in [0.25, 0.3) is 11.4 Å². The summed E-state index contributed by atoms with van der Waals surface area (Å²) in [4.78, 5) is 14.0. The second-order valence-corrected chi connectivity index (χ2v) is 12.4. The first-order valence-corrected chi connectivity index (χ1v) is 15.4. The Bertz CT molecular complexity index is 1460. The zero-order chi connectivity index (χ0) is 32.0. The van der Waals surface area contributed by atoms with Crippen molar-refractivity contribution in [2.24, 2.45) is 5.10 Å². The number of carbonyl (C=O) groups is 1. The third-order valence-corrected chi connectivity index (χ3v) is 7.77. The second kappa shape index (κ2) is 14.0. The Morgan fingerprint density at radius 3 is 2.27 bits per heavy atom. The van der Waals surface area contributed by atoms with Crippen molar-refractivity contribution in [2.45, 2.75) is 77.0 Å². The second-order valence-electron chi connectivity index (χ2n) is 12.4. The molecule has 3 aromatic rings. The molecule has 0 spiro atoms. The maximum Gasteiger partial charge on any atom is 0.416 e. The van der Waals surface area contributed by atoms with Crippen LogP contribution in [0.5, 0.6) is 5.75 Å². The van der Waals surface area contributed by atoms with Gasteiger partial charge in [0.2, 0.25) is 0 Å². The number of ether oxygens (including phenoxy) is 3. The number of benzene rings is 2. The molecule has 1 aromatic heterocycles. The first-order valence-electron chi connectivity index (χ1n) is 15.4. The molecule has 3 heterocycles. The van der Waals surface area contributed by atoms with E-state index in [1.54, 1.807) is 4.68 Å². The van der Waals surface area contributed by atoms with Gasteiger partial charge >= 0.3 is 12.1 Å². The van der Waals surface area contributed by atoms with Gasteiger partial charge in [0.1, 0.15) is 23.8 Å². The van der Waals surface area contributed by atoms with Crippen LogP contribution in [0, 0.1) is 0 Å². The molecular formula is C33H40F3N5O4. The van der Waals surface area contributed by atoms with Gasteiger partial charge in [-0.15, -0.1) is 10.2 Å². The van der Waals surface area contributed by atoms with Crippen LogP contribution < -0.4 is 4.74 Å². The van der Waals surface area contributed by atoms with Gasteiger partial charge in [0, 0.05) is 38.1 Å². The molecule has 2 aromatic carbocycles. The van der Waals surface area contributed by atoms with Crippen LogP contribution in [0.15, 0.2) is 53.6 Å². The number of amidine groups is 1. The molecule has 0 amide bonds. The van der Waals surface area contributed by atoms with E-state index >= 15 is 0 Å². The predicted molar refractivity (Wildman–Crippen MR) is 163 cm³/mol. The maximum atomic E-state index is 13.0. The van der Waals surface area contributed by atoms with Crippen molar-refractivity contribution in [3.05, 3.63) is 65.5 Å². The lowest BCUT2D eigenvalue weighted by Gasteiger charge is -2.35. The lowest BCUT2D eigenvalue weighted by Crippen LogP contribution is -2.39. The summed E-state index contributed by atoms with van der Waals surface area (Å²) >= 11 is 0. The summed E-state index contributed by atoms with van der Waals surface area (Å²) in [5, 5.41) is 13.3. The summed E-state index contributed by atoms with van der Waals surface area (Å²) in [7, 11) is 0. The lowest BCUT2D eigenvalue weighted by atomic mass is 9.89. The Hall–Kier alpha value is -3.93. The molecule has 0 N–H and O–H groups in total. The van der Waals surface area contributed by atoms with Crippen LogP contribution in [0.4, 0.5) is 13.2 Å². The van der Waals surface area contributed by atoms with Crippen LogP contribution in [0.1, 0.15) is 75.7 Å². The van der Waals surface area contributed by atoms with Crippen molar-refractivity contribution in [2.75, 3.05) is 32.9 Å². The third-order valence-electron chi connectivity index (χ3n) is 7.77. The fourth-order valence-electron chi connectivity index (χ4n) is 5.50. The maximum absolute atomic E-state index is 13.0. The number of aromatic nitrogens is 3. The number of carbonyl (C=O) groups excluding carboxylic acids is 1. The molecule has 45 heavy (non-hydrogen) atoms. The highest BCUT2D eigenvalue weighted by atomic mass is 19.4. The van der Waals surface area contributed by atoms with Gasteiger partial charge in [0.05, 0.1) is 12.2 Å². The topological polar surface area (TPSA) is 91.1 Å². The number of aryl methyl sites for hydroxylation is 1. The predicted octanol–water partition coefficient (Wildman–Crippen LogP) is 6.47. The number of fused-ring (bicyclic) bond motifs is 1. The summed E-state index contributed by atoms with van der Waals surface area (Å²) < 4.78 is 57.2. The molecule has 2 aliphatic heterocycles. The van der Waals surface area contributed by atoms with Crippen LogP contribution in [0.2, 0.25) is 0 Å². The quantitative estimate of drug-likeness (QED) is 0.188. The zero-order valence-electron chi connectivity index (χ0n) is 26.0. The van der Waals surface area contributed by atoms with E-state index in [0.717, 1.165) is 68.9 Å². The van der Waals surface area contributed by atoms with Crippen molar-refractivity contribution >= 4 is 11.8 Å². The fourth-order valence-corrected chi connectivity index (χ4v) is 5.50. The molecule has 1 fully saturated rings. The summed E-state index contributed by atoms with van der Waals surface area (Å²) in [5.41, 5.74) is 0.622. The minimum atomic E-state index is -4.39. The van der Waals surface area contributed by atoms with Crippen molar-refractivity contribution in [1.29, 1.82) is 0 Å². The molecule has 5 rings (SSSR count). The van der Waals surface area contributed by atoms with Crippen LogP contribution in [-0.4, -0.2) is 70.1 Å². The molecule has 2 aliphatic rings. The van der Waals surface area contributed by atoms with Gasteiger partial charge < -0.3 is 19.1 Å². The number of piperidine rings is 1. The van der Waals surface area contributed by atoms with E-state index in [9.17, 15) is 18.0 Å². The number of halogens is 3. The monoisotopic (exact) mass is 627 g/mol. The summed E-state index contributed by atoms with van der Waals surface area (Å²) in [5.74, 6) is 3.02. The number of rotatable bonds is 10. The Morgan fingerprint density at radius 1 is 0.911 bits per heavy atom. The minimum absolute atomic E-state index is 0.0392. The summed E-state index contributed by atoms with van der Waals surface area (Å²) in [6, 6.07) is 13.3. The number of unbranched alkanes of at least 4 members (excludes halogenated alkanes) is 1. The molecule has 0 radical (unpaired) electrons. The highest BCUT2D eigenvalue weighted by Gasteiger charge is 2.31. The van der Waals surface area contributed by atoms with Gasteiger partial charge in [0.15, 0.2) is 11.6 Å². The van der Waals surface area contributed by atoms with E-state index in [4.69, 9.17) is 19.3 Å². The smallest absolute Gasteiger partial charge is 0.416 e. The SMILES string of the molecule is CC(C)(C)OC(=O)COCCCCOc1ccc(C2CCN(C3=Nn4c(nnc4-c4ccc(C(F)(F)F)cc4)CC3)CC2)cc1. The molecular weight excluding hydrogens is 587 g/mol. The van der Waals surface area contributed by atoms with Crippen molar-refractivity contribution in [3.63, 3.8) is 0 Å². The first kappa shape index (κ1) is 32.5. The summed E-state index contributed by atoms with van der Waals surface area (Å²) in [6.45, 7) is 8.23. The lowest BCUT2D eigenvalue weighted by molar-refractivity contribution is -0.160. The van der Waals surface area contributed by atoms with Gasteiger partial charge in [-0.05, 0) is 82.2 Å². The van der Waals surface area contributed by atoms with Crippen LogP contribution in [0.3, 0.4) is 0 Å². The Balaban J connectivity index is 1.06. The van der Waals surface area contributed by atoms with E-state index < -0.39 is 17.3 Å². The van der Waals surface area contributed by atoms with E-state index in [1.807, 2.05) is 32.9 Å². The molecule has 0 unspecified atom stereocenters. The van der Waals surface area contributed by atoms with E-state index in [-0.39, 0.29) is 12.6 Å². The number of hydrogen-bond acceptors (Lipinski definition) is 8. The Morgan fingerprint density at radius 2 is 1.60 bits per heavy atom. The average Bonchev–Trinajstić information content (AvgIpc) is 3.43. The first-order chi connectivity index (χ1) is 21.5. The molecule has 242 valence electrons. The molecule has 0 atom stereocenters. The van der Waals surface area contributed by atoms with Gasteiger partial charge in [-0.25, -0.2) is 4.79 Å². The Labute approximate surface area is 261 Å². The van der Waals surface area contributed by atoms with Crippen LogP contribution in [-0.2, 0) is 26.9 Å². The van der Waals surface area contributed by atoms with Crippen molar-refractivity contribution in [1.82, 2.24) is 19.8 Å². The van der Waals surface area contributed by atoms with Crippen molar-refractivity contribution < 1.29 is 32.2 Å². The number of esters is 1. The normalized spacial score (nSPS) is 15.9. The van der Waals surface area contributed by atoms with Crippen LogP contribution >= 0.6 is 0 Å². The van der Waals surface area contributed by atoms with E-state index in [1.165, 1.54) is 17.7 Å². The van der Waals surface area contributed by atoms with Gasteiger partial charge in [-0.1, -0.05) is 24.3 Å². The highest BCUT2D eigenvalue weighted by Crippen LogP contribution is 2.33. The van der Waals surface area contributed by atoms with Gasteiger partial charge in [0.25, 0.3) is 0 Å². The molecule has 9 nitrogen and oxygen atoms in total. The highest BCUT2D eigenvalue weighted by molar-refractivity contribution is 5.83. The minimum Gasteiger partial charge on any atom is -0.494 e. The van der Waals surface area contributed by atoms with E-state index in [2.05, 4.69) is 27.2 Å². The number of hydrogen-bond donors (Lipinski definition) is 0. The Kier molecular flexibility index (Phi) is 10.1. The molecule has 0 aliphatic carbocycles. The molecule has 1 saturated heterocycles. The van der Waals surface area contributed by atoms with Crippen molar-refractivity contribution in [3.8, 4) is 17.1 Å². The average molecular weight is 628 g/mol. The molecule has 0 bridgehead atoms.